The molecule has 18 heteroatoms. The van der Waals surface area contributed by atoms with Gasteiger partial charge in [0.05, 0.1) is 18.6 Å². The first kappa shape index (κ1) is 34.3. The molecule has 1 amide bonds. The summed E-state index contributed by atoms with van der Waals surface area (Å²) in [6.45, 7) is 4.47. The second-order valence-corrected chi connectivity index (χ2v) is 11.4. The van der Waals surface area contributed by atoms with Crippen LogP contribution in [-0.2, 0) is 41.6 Å². The van der Waals surface area contributed by atoms with Gasteiger partial charge in [-0.05, 0) is 30.4 Å². The van der Waals surface area contributed by atoms with Gasteiger partial charge in [0, 0.05) is 44.4 Å². The molecular formula is C25H31F6N6O5P. The molecule has 0 aliphatic carbocycles. The van der Waals surface area contributed by atoms with E-state index in [9.17, 15) is 31.1 Å². The fraction of sp³-hybridized carbons (Fsp3) is 0.480. The predicted octanol–water partition coefficient (Wildman–Crippen LogP) is 3.60. The quantitative estimate of drug-likeness (QED) is 0.165. The Labute approximate surface area is 242 Å². The number of hydrogen-bond donors (Lipinski definition) is 4. The van der Waals surface area contributed by atoms with Crippen LogP contribution in [-0.4, -0.2) is 57.2 Å². The van der Waals surface area contributed by atoms with Gasteiger partial charge in [-0.3, -0.25) is 4.79 Å². The summed E-state index contributed by atoms with van der Waals surface area (Å²) in [5.74, 6) is -4.64. The first-order valence-electron chi connectivity index (χ1n) is 13.0. The van der Waals surface area contributed by atoms with Crippen LogP contribution in [0.15, 0.2) is 24.7 Å². The van der Waals surface area contributed by atoms with Crippen LogP contribution in [0.2, 0.25) is 0 Å². The predicted molar refractivity (Wildman–Crippen MR) is 140 cm³/mol. The van der Waals surface area contributed by atoms with Crippen molar-refractivity contribution in [3.63, 3.8) is 0 Å². The molecule has 3 heterocycles. The number of benzene rings is 1. The number of imidazole rings is 2. The maximum atomic E-state index is 14.0. The highest BCUT2D eigenvalue weighted by Crippen LogP contribution is 2.35. The molecule has 0 fully saturated rings. The van der Waals surface area contributed by atoms with Gasteiger partial charge in [0.15, 0.2) is 11.6 Å². The van der Waals surface area contributed by atoms with Crippen molar-refractivity contribution >= 4 is 13.7 Å². The minimum absolute atomic E-state index is 0.0141. The summed E-state index contributed by atoms with van der Waals surface area (Å²) >= 11 is 0. The van der Waals surface area contributed by atoms with Crippen molar-refractivity contribution in [2.45, 2.75) is 65.0 Å². The maximum absolute atomic E-state index is 14.0. The average Bonchev–Trinajstić information content (AvgIpc) is 3.49. The zero-order valence-corrected chi connectivity index (χ0v) is 24.0. The van der Waals surface area contributed by atoms with Crippen LogP contribution in [0.25, 0.3) is 11.4 Å². The van der Waals surface area contributed by atoms with Crippen LogP contribution in [0, 0.1) is 23.4 Å². The van der Waals surface area contributed by atoms with E-state index >= 15 is 0 Å². The number of aryl methyl sites for hydroxylation is 1. The molecule has 0 unspecified atom stereocenters. The van der Waals surface area contributed by atoms with Gasteiger partial charge in [-0.1, -0.05) is 13.8 Å². The minimum Gasteiger partial charge on any atom is -0.337 e. The maximum Gasteiger partial charge on any atom is 0.466 e. The Morgan fingerprint density at radius 1 is 1.09 bits per heavy atom. The lowest BCUT2D eigenvalue weighted by Crippen LogP contribution is -2.42. The molecule has 1 aliphatic rings. The molecule has 0 spiro atoms. The minimum atomic E-state index is -4.70. The van der Waals surface area contributed by atoms with Crippen molar-refractivity contribution < 1.29 is 50.4 Å². The number of fused-ring (bicyclic) bond motifs is 1. The normalized spacial score (nSPS) is 14.4. The summed E-state index contributed by atoms with van der Waals surface area (Å²) < 4.78 is 93.6. The SMILES string of the molecule is CC(C)CCn1cnc(-c2nc(C(F)(F)F)n3c2CN(C(=O)C[C@H](N)Cc2cc(F)c(F)cc2F)CC3)c1.O=P(O)(O)O. The van der Waals surface area contributed by atoms with E-state index in [1.807, 2.05) is 0 Å². The topological polar surface area (TPSA) is 160 Å². The summed E-state index contributed by atoms with van der Waals surface area (Å²) in [6.07, 6.45) is -1.15. The second-order valence-electron chi connectivity index (χ2n) is 10.4. The van der Waals surface area contributed by atoms with E-state index in [1.54, 1.807) is 17.1 Å². The molecular weight excluding hydrogens is 609 g/mol. The van der Waals surface area contributed by atoms with Crippen LogP contribution in [0.3, 0.4) is 0 Å². The Kier molecular flexibility index (Phi) is 10.8. The van der Waals surface area contributed by atoms with Gasteiger partial charge < -0.3 is 34.4 Å². The number of halogens is 6. The number of amides is 1. The van der Waals surface area contributed by atoms with E-state index in [-0.39, 0.29) is 55.1 Å². The highest BCUT2D eigenvalue weighted by molar-refractivity contribution is 7.45. The van der Waals surface area contributed by atoms with E-state index in [4.69, 9.17) is 25.0 Å². The summed E-state index contributed by atoms with van der Waals surface area (Å²) in [5, 5.41) is 0. The lowest BCUT2D eigenvalue weighted by atomic mass is 10.0. The molecule has 2 aromatic heterocycles. The number of rotatable bonds is 8. The summed E-state index contributed by atoms with van der Waals surface area (Å²) in [4.78, 5) is 44.0. The molecule has 238 valence electrons. The Morgan fingerprint density at radius 2 is 1.72 bits per heavy atom. The Balaban J connectivity index is 0.000000934. The van der Waals surface area contributed by atoms with Gasteiger partial charge >= 0.3 is 14.0 Å². The van der Waals surface area contributed by atoms with Gasteiger partial charge in [-0.2, -0.15) is 13.2 Å². The number of nitrogens with two attached hydrogens (primary N) is 1. The van der Waals surface area contributed by atoms with Crippen molar-refractivity contribution in [2.24, 2.45) is 11.7 Å². The molecule has 1 atom stereocenters. The molecule has 3 aromatic rings. The number of carbonyl (C=O) groups excluding carboxylic acids is 1. The Morgan fingerprint density at radius 3 is 2.33 bits per heavy atom. The van der Waals surface area contributed by atoms with Crippen molar-refractivity contribution in [1.29, 1.82) is 0 Å². The molecule has 11 nitrogen and oxygen atoms in total. The van der Waals surface area contributed by atoms with Crippen LogP contribution in [0.5, 0.6) is 0 Å². The molecule has 43 heavy (non-hydrogen) atoms. The van der Waals surface area contributed by atoms with Gasteiger partial charge in [0.2, 0.25) is 11.7 Å². The standard InChI is InChI=1S/C25H28F6N6O.H3O4P/c1-14(2)3-4-35-11-20(33-13-35)23-21-12-36(5-6-37(21)24(34-23)25(29,30)31)22(38)9-16(32)7-15-8-18(27)19(28)10-17(15)26;1-5(2,3)4/h8,10-11,13-14,16H,3-7,9,12,32H2,1-2H3;(H3,1,2,3,4)/t16-;/m1./s1. The first-order valence-corrected chi connectivity index (χ1v) is 14.5. The Hall–Kier alpha value is -3.24. The molecule has 1 aliphatic heterocycles. The van der Waals surface area contributed by atoms with Crippen molar-refractivity contribution in [3.8, 4) is 11.4 Å². The van der Waals surface area contributed by atoms with E-state index in [2.05, 4.69) is 23.8 Å². The van der Waals surface area contributed by atoms with Crippen LogP contribution >= 0.6 is 7.82 Å². The average molecular weight is 641 g/mol. The molecule has 5 N–H and O–H groups in total. The zero-order valence-electron chi connectivity index (χ0n) is 23.1. The van der Waals surface area contributed by atoms with E-state index in [0.717, 1.165) is 11.0 Å². The highest BCUT2D eigenvalue weighted by Gasteiger charge is 2.41. The molecule has 4 rings (SSSR count). The van der Waals surface area contributed by atoms with Gasteiger partial charge in [-0.15, -0.1) is 0 Å². The molecule has 1 aromatic carbocycles. The fourth-order valence-corrected chi connectivity index (χ4v) is 4.44. The number of carbonyl (C=O) groups is 1. The number of nitrogens with zero attached hydrogens (tertiary/aromatic N) is 5. The van der Waals surface area contributed by atoms with Crippen molar-refractivity contribution in [2.75, 3.05) is 6.54 Å². The third kappa shape index (κ3) is 9.63. The largest absolute Gasteiger partial charge is 0.466 e. The van der Waals surface area contributed by atoms with Crippen LogP contribution in [0.4, 0.5) is 26.3 Å². The molecule has 0 bridgehead atoms. The molecule has 0 radical (unpaired) electrons. The third-order valence-electron chi connectivity index (χ3n) is 6.46. The first-order chi connectivity index (χ1) is 19.8. The third-order valence-corrected chi connectivity index (χ3v) is 6.46. The number of phosphoric acid groups is 1. The number of aromatic nitrogens is 4. The van der Waals surface area contributed by atoms with Crippen molar-refractivity contribution in [3.05, 3.63) is 59.2 Å². The Bertz CT molecular complexity index is 1480. The van der Waals surface area contributed by atoms with E-state index < -0.39 is 49.2 Å². The lowest BCUT2D eigenvalue weighted by Gasteiger charge is -2.30. The van der Waals surface area contributed by atoms with Gasteiger partial charge in [0.1, 0.15) is 17.2 Å². The van der Waals surface area contributed by atoms with Crippen LogP contribution < -0.4 is 5.73 Å². The molecule has 0 saturated heterocycles. The van der Waals surface area contributed by atoms with Gasteiger partial charge in [0.25, 0.3) is 0 Å². The lowest BCUT2D eigenvalue weighted by molar-refractivity contribution is -0.148. The summed E-state index contributed by atoms with van der Waals surface area (Å²) in [6, 6.07) is 0.185. The van der Waals surface area contributed by atoms with Crippen LogP contribution in [0.1, 0.15) is 43.8 Å². The summed E-state index contributed by atoms with van der Waals surface area (Å²) in [7, 11) is -4.64. The fourth-order valence-electron chi connectivity index (χ4n) is 4.44. The number of alkyl halides is 3. The van der Waals surface area contributed by atoms with Crippen molar-refractivity contribution in [1.82, 2.24) is 24.0 Å². The van der Waals surface area contributed by atoms with E-state index in [1.165, 1.54) is 4.90 Å². The van der Waals surface area contributed by atoms with E-state index in [0.29, 0.717) is 24.6 Å². The summed E-state index contributed by atoms with van der Waals surface area (Å²) in [5.41, 5.74) is 6.33. The zero-order chi connectivity index (χ0) is 32.3. The highest BCUT2D eigenvalue weighted by atomic mass is 31.2. The second kappa shape index (κ2) is 13.6. The number of hydrogen-bond acceptors (Lipinski definition) is 5. The smallest absolute Gasteiger partial charge is 0.337 e. The monoisotopic (exact) mass is 640 g/mol. The molecule has 0 saturated carbocycles. The van der Waals surface area contributed by atoms with Gasteiger partial charge in [-0.25, -0.2) is 27.7 Å².